The molecular weight excluding hydrogens is 378 g/mol. The van der Waals surface area contributed by atoms with Crippen LogP contribution in [-0.2, 0) is 21.2 Å². The maximum atomic E-state index is 12.7. The number of nitro groups is 1. The van der Waals surface area contributed by atoms with Gasteiger partial charge in [0.1, 0.15) is 5.69 Å². The van der Waals surface area contributed by atoms with Crippen molar-refractivity contribution in [3.05, 3.63) is 40.0 Å². The van der Waals surface area contributed by atoms with Crippen LogP contribution in [0, 0.1) is 17.0 Å². The van der Waals surface area contributed by atoms with Crippen molar-refractivity contribution < 1.29 is 22.6 Å². The highest BCUT2D eigenvalue weighted by Gasteiger charge is 2.28. The summed E-state index contributed by atoms with van der Waals surface area (Å²) in [5.74, 6) is 0.919. The number of hydrogen-bond donors (Lipinski definition) is 1. The maximum absolute atomic E-state index is 12.7. The molecule has 146 valence electrons. The molecule has 27 heavy (non-hydrogen) atoms. The molecule has 2 aromatic rings. The lowest BCUT2D eigenvalue weighted by Gasteiger charge is -2.26. The summed E-state index contributed by atoms with van der Waals surface area (Å²) in [6.45, 7) is 3.06. The standard InChI is InChI=1S/C15H19N5O6S/c1-11-17-15(26-18-11)4-5-16-13-3-2-12(10-14(13)20(21)22)27(23,24)19-6-8-25-9-7-19/h2-3,10,16H,4-9H2,1H3. The molecule has 1 fully saturated rings. The Morgan fingerprint density at radius 1 is 1.33 bits per heavy atom. The molecule has 0 bridgehead atoms. The molecular formula is C15H19N5O6S. The molecule has 0 spiro atoms. The molecule has 1 N–H and O–H groups in total. The van der Waals surface area contributed by atoms with Crippen LogP contribution >= 0.6 is 0 Å². The molecule has 0 radical (unpaired) electrons. The Balaban J connectivity index is 1.76. The first-order valence-corrected chi connectivity index (χ1v) is 9.71. The number of hydrogen-bond acceptors (Lipinski definition) is 9. The van der Waals surface area contributed by atoms with Gasteiger partial charge in [0, 0.05) is 32.1 Å². The molecule has 0 saturated carbocycles. The van der Waals surface area contributed by atoms with E-state index < -0.39 is 14.9 Å². The minimum Gasteiger partial charge on any atom is -0.379 e. The fourth-order valence-electron chi connectivity index (χ4n) is 2.65. The predicted octanol–water partition coefficient (Wildman–Crippen LogP) is 0.962. The van der Waals surface area contributed by atoms with Crippen molar-refractivity contribution in [2.45, 2.75) is 18.2 Å². The fourth-order valence-corrected chi connectivity index (χ4v) is 4.08. The number of anilines is 1. The van der Waals surface area contributed by atoms with Crippen LogP contribution in [0.15, 0.2) is 27.6 Å². The number of nitrogens with one attached hydrogen (secondary N) is 1. The van der Waals surface area contributed by atoms with Crippen molar-refractivity contribution in [3.8, 4) is 0 Å². The third kappa shape index (κ3) is 4.40. The molecule has 1 aliphatic heterocycles. The van der Waals surface area contributed by atoms with Gasteiger partial charge in [0.2, 0.25) is 15.9 Å². The van der Waals surface area contributed by atoms with Crippen LogP contribution in [0.2, 0.25) is 0 Å². The van der Waals surface area contributed by atoms with Crippen molar-refractivity contribution in [3.63, 3.8) is 0 Å². The zero-order valence-electron chi connectivity index (χ0n) is 14.6. The van der Waals surface area contributed by atoms with Crippen LogP contribution in [0.25, 0.3) is 0 Å². The van der Waals surface area contributed by atoms with Crippen LogP contribution in [-0.4, -0.2) is 60.6 Å². The number of nitro benzene ring substituents is 1. The van der Waals surface area contributed by atoms with Crippen molar-refractivity contribution in [2.75, 3.05) is 38.2 Å². The summed E-state index contributed by atoms with van der Waals surface area (Å²) in [6, 6.07) is 3.82. The Labute approximate surface area is 155 Å². The first kappa shape index (κ1) is 19.2. The van der Waals surface area contributed by atoms with Gasteiger partial charge in [0.25, 0.3) is 5.69 Å². The molecule has 2 heterocycles. The third-order valence-corrected chi connectivity index (χ3v) is 5.89. The van der Waals surface area contributed by atoms with E-state index in [0.29, 0.717) is 37.9 Å². The smallest absolute Gasteiger partial charge is 0.293 e. The zero-order valence-corrected chi connectivity index (χ0v) is 15.4. The van der Waals surface area contributed by atoms with Gasteiger partial charge in [-0.05, 0) is 19.1 Å². The van der Waals surface area contributed by atoms with Gasteiger partial charge in [-0.3, -0.25) is 10.1 Å². The van der Waals surface area contributed by atoms with E-state index in [4.69, 9.17) is 9.26 Å². The van der Waals surface area contributed by atoms with Gasteiger partial charge in [0.15, 0.2) is 5.82 Å². The van der Waals surface area contributed by atoms with Crippen LogP contribution in [0.4, 0.5) is 11.4 Å². The third-order valence-electron chi connectivity index (χ3n) is 4.00. The summed E-state index contributed by atoms with van der Waals surface area (Å²) in [6.07, 6.45) is 0.381. The van der Waals surface area contributed by atoms with Gasteiger partial charge in [0.05, 0.1) is 23.0 Å². The second kappa shape index (κ2) is 7.98. The fraction of sp³-hybridized carbons (Fsp3) is 0.467. The van der Waals surface area contributed by atoms with Crippen molar-refractivity contribution in [2.24, 2.45) is 0 Å². The summed E-state index contributed by atoms with van der Waals surface area (Å²) in [4.78, 5) is 14.7. The van der Waals surface area contributed by atoms with Crippen LogP contribution in [0.1, 0.15) is 11.7 Å². The van der Waals surface area contributed by atoms with E-state index in [9.17, 15) is 18.5 Å². The highest BCUT2D eigenvalue weighted by Crippen LogP contribution is 2.29. The largest absolute Gasteiger partial charge is 0.379 e. The number of benzene rings is 1. The van der Waals surface area contributed by atoms with Crippen LogP contribution < -0.4 is 5.32 Å². The molecule has 0 aliphatic carbocycles. The quantitative estimate of drug-likeness (QED) is 0.534. The Morgan fingerprint density at radius 3 is 2.70 bits per heavy atom. The van der Waals surface area contributed by atoms with E-state index in [2.05, 4.69) is 15.5 Å². The van der Waals surface area contributed by atoms with E-state index in [-0.39, 0.29) is 29.4 Å². The van der Waals surface area contributed by atoms with Gasteiger partial charge in [-0.1, -0.05) is 5.16 Å². The molecule has 12 heteroatoms. The average Bonchev–Trinajstić information content (AvgIpc) is 3.07. The summed E-state index contributed by atoms with van der Waals surface area (Å²) in [7, 11) is -3.81. The lowest BCUT2D eigenvalue weighted by molar-refractivity contribution is -0.384. The van der Waals surface area contributed by atoms with Crippen molar-refractivity contribution in [1.29, 1.82) is 0 Å². The number of aryl methyl sites for hydroxylation is 1. The van der Waals surface area contributed by atoms with E-state index in [1.807, 2.05) is 0 Å². The van der Waals surface area contributed by atoms with Gasteiger partial charge in [-0.25, -0.2) is 8.42 Å². The minimum atomic E-state index is -3.81. The number of rotatable bonds is 7. The number of morpholine rings is 1. The first-order chi connectivity index (χ1) is 12.9. The molecule has 1 aromatic heterocycles. The second-order valence-electron chi connectivity index (χ2n) is 5.86. The normalized spacial score (nSPS) is 15.6. The zero-order chi connectivity index (χ0) is 19.4. The number of nitrogens with zero attached hydrogens (tertiary/aromatic N) is 4. The molecule has 1 aliphatic rings. The van der Waals surface area contributed by atoms with Gasteiger partial charge in [-0.15, -0.1) is 0 Å². The molecule has 0 unspecified atom stereocenters. The summed E-state index contributed by atoms with van der Waals surface area (Å²) < 4.78 is 36.7. The number of ether oxygens (including phenoxy) is 1. The maximum Gasteiger partial charge on any atom is 0.293 e. The SMILES string of the molecule is Cc1noc(CCNc2ccc(S(=O)(=O)N3CCOCC3)cc2[N+](=O)[O-])n1. The minimum absolute atomic E-state index is 0.117. The highest BCUT2D eigenvalue weighted by atomic mass is 32.2. The molecule has 1 saturated heterocycles. The molecule has 11 nitrogen and oxygen atoms in total. The van der Waals surface area contributed by atoms with Gasteiger partial charge >= 0.3 is 0 Å². The monoisotopic (exact) mass is 397 g/mol. The van der Waals surface area contributed by atoms with Gasteiger partial charge < -0.3 is 14.6 Å². The average molecular weight is 397 g/mol. The topological polar surface area (TPSA) is 141 Å². The lowest BCUT2D eigenvalue weighted by Crippen LogP contribution is -2.40. The van der Waals surface area contributed by atoms with E-state index in [0.717, 1.165) is 6.07 Å². The predicted molar refractivity (Wildman–Crippen MR) is 93.9 cm³/mol. The second-order valence-corrected chi connectivity index (χ2v) is 7.80. The Morgan fingerprint density at radius 2 is 2.07 bits per heavy atom. The lowest BCUT2D eigenvalue weighted by atomic mass is 10.2. The molecule has 0 amide bonds. The van der Waals surface area contributed by atoms with Crippen molar-refractivity contribution >= 4 is 21.4 Å². The van der Waals surface area contributed by atoms with Crippen LogP contribution in [0.5, 0.6) is 0 Å². The van der Waals surface area contributed by atoms with E-state index >= 15 is 0 Å². The van der Waals surface area contributed by atoms with Gasteiger partial charge in [-0.2, -0.15) is 9.29 Å². The first-order valence-electron chi connectivity index (χ1n) is 8.27. The number of sulfonamides is 1. The van der Waals surface area contributed by atoms with Crippen LogP contribution in [0.3, 0.4) is 0 Å². The van der Waals surface area contributed by atoms with Crippen molar-refractivity contribution in [1.82, 2.24) is 14.4 Å². The molecule has 3 rings (SSSR count). The summed E-state index contributed by atoms with van der Waals surface area (Å²) in [5.41, 5.74) is -0.0943. The Hall–Kier alpha value is -2.57. The van der Waals surface area contributed by atoms with E-state index in [1.54, 1.807) is 6.92 Å². The molecule has 1 aromatic carbocycles. The summed E-state index contributed by atoms with van der Waals surface area (Å²) >= 11 is 0. The highest BCUT2D eigenvalue weighted by molar-refractivity contribution is 7.89. The Kier molecular flexibility index (Phi) is 5.68. The molecule has 0 atom stereocenters. The number of aromatic nitrogens is 2. The van der Waals surface area contributed by atoms with E-state index in [1.165, 1.54) is 16.4 Å². The Bertz CT molecular complexity index is 923. The summed E-state index contributed by atoms with van der Waals surface area (Å²) in [5, 5.41) is 18.0.